The van der Waals surface area contributed by atoms with Crippen LogP contribution in [0.4, 0.5) is 9.52 Å². The van der Waals surface area contributed by atoms with E-state index in [0.29, 0.717) is 17.2 Å². The van der Waals surface area contributed by atoms with Crippen LogP contribution in [0, 0.1) is 5.82 Å². The molecule has 0 saturated heterocycles. The number of thiazole rings is 1. The number of hydrogen-bond acceptors (Lipinski definition) is 4. The molecule has 1 heterocycles. The molecule has 2 amide bonds. The van der Waals surface area contributed by atoms with E-state index in [0.717, 1.165) is 23.4 Å². The number of rotatable bonds is 4. The Kier molecular flexibility index (Phi) is 4.38. The highest BCUT2D eigenvalue weighted by Crippen LogP contribution is 2.38. The molecule has 0 saturated carbocycles. The van der Waals surface area contributed by atoms with E-state index in [1.807, 2.05) is 6.92 Å². The third-order valence-electron chi connectivity index (χ3n) is 3.71. The Morgan fingerprint density at radius 1 is 1.35 bits per heavy atom. The van der Waals surface area contributed by atoms with Gasteiger partial charge in [-0.25, -0.2) is 9.37 Å². The number of hydrogen-bond donors (Lipinski definition) is 2. The Labute approximate surface area is 136 Å². The predicted molar refractivity (Wildman–Crippen MR) is 86.2 cm³/mol. The molecule has 0 radical (unpaired) electrons. The first-order chi connectivity index (χ1) is 11.1. The van der Waals surface area contributed by atoms with Crippen LogP contribution in [-0.2, 0) is 11.2 Å². The Bertz CT molecular complexity index is 742. The van der Waals surface area contributed by atoms with Gasteiger partial charge < -0.3 is 5.32 Å². The molecule has 1 aromatic carbocycles. The average molecular weight is 333 g/mol. The SMILES string of the molecule is CCNC(=O)C1CCc2sc(NC(=O)c3ccc(F)cc3)nc21. The van der Waals surface area contributed by atoms with Crippen LogP contribution in [0.15, 0.2) is 24.3 Å². The van der Waals surface area contributed by atoms with E-state index in [4.69, 9.17) is 0 Å². The van der Waals surface area contributed by atoms with Crippen LogP contribution in [0.25, 0.3) is 0 Å². The van der Waals surface area contributed by atoms with Gasteiger partial charge in [-0.2, -0.15) is 0 Å². The van der Waals surface area contributed by atoms with Gasteiger partial charge >= 0.3 is 0 Å². The minimum Gasteiger partial charge on any atom is -0.356 e. The number of benzene rings is 1. The van der Waals surface area contributed by atoms with Gasteiger partial charge in [-0.15, -0.1) is 11.3 Å². The molecule has 0 aliphatic heterocycles. The molecule has 3 rings (SSSR count). The summed E-state index contributed by atoms with van der Waals surface area (Å²) in [6.45, 7) is 2.46. The number of fused-ring (bicyclic) bond motifs is 1. The zero-order chi connectivity index (χ0) is 16.4. The van der Waals surface area contributed by atoms with Gasteiger partial charge in [0.15, 0.2) is 5.13 Å². The van der Waals surface area contributed by atoms with Crippen molar-refractivity contribution in [3.8, 4) is 0 Å². The standard InChI is InChI=1S/C16H16FN3O2S/c1-2-18-15(22)11-7-8-12-13(11)19-16(23-12)20-14(21)9-3-5-10(17)6-4-9/h3-6,11H,2,7-8H2,1H3,(H,18,22)(H,19,20,21). The van der Waals surface area contributed by atoms with Crippen molar-refractivity contribution >= 4 is 28.3 Å². The van der Waals surface area contributed by atoms with Crippen molar-refractivity contribution in [2.24, 2.45) is 0 Å². The molecule has 0 bridgehead atoms. The molecule has 5 nitrogen and oxygen atoms in total. The molecule has 2 aromatic rings. The maximum atomic E-state index is 12.9. The number of nitrogens with zero attached hydrogens (tertiary/aromatic N) is 1. The summed E-state index contributed by atoms with van der Waals surface area (Å²) in [5.74, 6) is -0.989. The van der Waals surface area contributed by atoms with Gasteiger partial charge in [0.1, 0.15) is 5.82 Å². The first kappa shape index (κ1) is 15.6. The van der Waals surface area contributed by atoms with Gasteiger partial charge in [0.05, 0.1) is 11.6 Å². The molecule has 7 heteroatoms. The summed E-state index contributed by atoms with van der Waals surface area (Å²) in [4.78, 5) is 29.6. The molecular weight excluding hydrogens is 317 g/mol. The van der Waals surface area contributed by atoms with Gasteiger partial charge in [0, 0.05) is 17.0 Å². The monoisotopic (exact) mass is 333 g/mol. The van der Waals surface area contributed by atoms with Crippen LogP contribution >= 0.6 is 11.3 Å². The fraction of sp³-hybridized carbons (Fsp3) is 0.312. The van der Waals surface area contributed by atoms with E-state index in [1.54, 1.807) is 0 Å². The van der Waals surface area contributed by atoms with Crippen LogP contribution in [0.5, 0.6) is 0 Å². The summed E-state index contributed by atoms with van der Waals surface area (Å²) in [6.07, 6.45) is 1.55. The maximum absolute atomic E-state index is 12.9. The lowest BCUT2D eigenvalue weighted by atomic mass is 10.1. The fourth-order valence-electron chi connectivity index (χ4n) is 2.60. The summed E-state index contributed by atoms with van der Waals surface area (Å²) in [7, 11) is 0. The zero-order valence-electron chi connectivity index (χ0n) is 12.6. The maximum Gasteiger partial charge on any atom is 0.257 e. The van der Waals surface area contributed by atoms with Crippen molar-refractivity contribution in [1.29, 1.82) is 0 Å². The Morgan fingerprint density at radius 2 is 2.09 bits per heavy atom. The number of likely N-dealkylation sites (N-methyl/N-ethyl adjacent to an activating group) is 1. The van der Waals surface area contributed by atoms with Gasteiger partial charge in [0.25, 0.3) is 5.91 Å². The van der Waals surface area contributed by atoms with Crippen LogP contribution in [0.2, 0.25) is 0 Å². The van der Waals surface area contributed by atoms with E-state index < -0.39 is 0 Å². The highest BCUT2D eigenvalue weighted by Gasteiger charge is 2.32. The smallest absolute Gasteiger partial charge is 0.257 e. The molecule has 1 aliphatic rings. The quantitative estimate of drug-likeness (QED) is 0.904. The van der Waals surface area contributed by atoms with Gasteiger partial charge in [-0.1, -0.05) is 0 Å². The largest absolute Gasteiger partial charge is 0.356 e. The molecule has 1 atom stereocenters. The van der Waals surface area contributed by atoms with Crippen molar-refractivity contribution in [2.75, 3.05) is 11.9 Å². The number of anilines is 1. The number of amides is 2. The van der Waals surface area contributed by atoms with Crippen LogP contribution in [0.1, 0.15) is 40.2 Å². The summed E-state index contributed by atoms with van der Waals surface area (Å²) < 4.78 is 12.9. The molecule has 120 valence electrons. The van der Waals surface area contributed by atoms with E-state index in [9.17, 15) is 14.0 Å². The summed E-state index contributed by atoms with van der Waals surface area (Å²) in [5, 5.41) is 6.00. The van der Waals surface area contributed by atoms with E-state index >= 15 is 0 Å². The lowest BCUT2D eigenvalue weighted by Gasteiger charge is -2.08. The van der Waals surface area contributed by atoms with Crippen molar-refractivity contribution in [1.82, 2.24) is 10.3 Å². The lowest BCUT2D eigenvalue weighted by Crippen LogP contribution is -2.28. The minimum absolute atomic E-state index is 0.0204. The predicted octanol–water partition coefficient (Wildman–Crippen LogP) is 2.70. The second kappa shape index (κ2) is 6.45. The number of nitrogens with one attached hydrogen (secondary N) is 2. The minimum atomic E-state index is -0.389. The zero-order valence-corrected chi connectivity index (χ0v) is 13.4. The van der Waals surface area contributed by atoms with Gasteiger partial charge in [-0.3, -0.25) is 14.9 Å². The number of aromatic nitrogens is 1. The van der Waals surface area contributed by atoms with Crippen molar-refractivity contribution in [3.05, 3.63) is 46.2 Å². The number of halogens is 1. The second-order valence-corrected chi connectivity index (χ2v) is 6.36. The van der Waals surface area contributed by atoms with E-state index in [-0.39, 0.29) is 23.5 Å². The van der Waals surface area contributed by atoms with Crippen LogP contribution in [-0.4, -0.2) is 23.3 Å². The molecule has 1 unspecified atom stereocenters. The van der Waals surface area contributed by atoms with E-state index in [2.05, 4.69) is 15.6 Å². The van der Waals surface area contributed by atoms with Gasteiger partial charge in [-0.05, 0) is 44.0 Å². The normalized spacial score (nSPS) is 16.0. The number of carbonyl (C=O) groups is 2. The van der Waals surface area contributed by atoms with Crippen LogP contribution in [0.3, 0.4) is 0 Å². The lowest BCUT2D eigenvalue weighted by molar-refractivity contribution is -0.122. The summed E-state index contributed by atoms with van der Waals surface area (Å²) >= 11 is 1.39. The molecule has 2 N–H and O–H groups in total. The molecule has 0 fully saturated rings. The molecule has 0 spiro atoms. The topological polar surface area (TPSA) is 71.1 Å². The summed E-state index contributed by atoms with van der Waals surface area (Å²) in [6, 6.07) is 5.32. The summed E-state index contributed by atoms with van der Waals surface area (Å²) in [5.41, 5.74) is 1.12. The van der Waals surface area contributed by atoms with E-state index in [1.165, 1.54) is 35.6 Å². The molecular formula is C16H16FN3O2S. The second-order valence-electron chi connectivity index (χ2n) is 5.27. The fourth-order valence-corrected chi connectivity index (χ4v) is 3.64. The Morgan fingerprint density at radius 3 is 2.78 bits per heavy atom. The Hall–Kier alpha value is -2.28. The average Bonchev–Trinajstić information content (AvgIpc) is 3.07. The Balaban J connectivity index is 1.73. The number of aryl methyl sites for hydroxylation is 1. The van der Waals surface area contributed by atoms with Crippen LogP contribution < -0.4 is 10.6 Å². The first-order valence-corrected chi connectivity index (χ1v) is 8.24. The van der Waals surface area contributed by atoms with Crippen molar-refractivity contribution < 1.29 is 14.0 Å². The molecule has 1 aliphatic carbocycles. The van der Waals surface area contributed by atoms with Gasteiger partial charge in [0.2, 0.25) is 5.91 Å². The number of carbonyl (C=O) groups excluding carboxylic acids is 2. The van der Waals surface area contributed by atoms with Crippen molar-refractivity contribution in [2.45, 2.75) is 25.7 Å². The first-order valence-electron chi connectivity index (χ1n) is 7.42. The molecule has 23 heavy (non-hydrogen) atoms. The third kappa shape index (κ3) is 3.24. The molecule has 1 aromatic heterocycles. The highest BCUT2D eigenvalue weighted by molar-refractivity contribution is 7.16. The van der Waals surface area contributed by atoms with Crippen molar-refractivity contribution in [3.63, 3.8) is 0 Å². The highest BCUT2D eigenvalue weighted by atomic mass is 32.1. The third-order valence-corrected chi connectivity index (χ3v) is 4.76.